The number of rotatable bonds is 6. The quantitative estimate of drug-likeness (QED) is 0.113. The molecule has 0 saturated carbocycles. The summed E-state index contributed by atoms with van der Waals surface area (Å²) in [5.74, 6) is -15.7. The van der Waals surface area contributed by atoms with Gasteiger partial charge in [0.25, 0.3) is 0 Å². The second-order valence-electron chi connectivity index (χ2n) is 9.32. The summed E-state index contributed by atoms with van der Waals surface area (Å²) in [6.07, 6.45) is -0.388. The van der Waals surface area contributed by atoms with Crippen molar-refractivity contribution in [3.8, 4) is 17.2 Å². The Balaban J connectivity index is 1.69. The van der Waals surface area contributed by atoms with Crippen molar-refractivity contribution in [1.29, 1.82) is 0 Å². The van der Waals surface area contributed by atoms with Gasteiger partial charge < -0.3 is 40.5 Å². The molecule has 0 aliphatic carbocycles. The summed E-state index contributed by atoms with van der Waals surface area (Å²) in [5.41, 5.74) is -2.07. The van der Waals surface area contributed by atoms with Gasteiger partial charge in [-0.25, -0.2) is 18.4 Å². The van der Waals surface area contributed by atoms with E-state index in [0.717, 1.165) is 17.0 Å². The van der Waals surface area contributed by atoms with Crippen molar-refractivity contribution >= 4 is 48.4 Å². The van der Waals surface area contributed by atoms with Crippen molar-refractivity contribution < 1.29 is 62.1 Å². The number of hydrogen-bond donors (Lipinski definition) is 6. The number of imide groups is 1. The van der Waals surface area contributed by atoms with Crippen LogP contribution < -0.4 is 15.3 Å². The van der Waals surface area contributed by atoms with Gasteiger partial charge in [-0.15, -0.1) is 0 Å². The number of carboxylic acid groups (broad SMARTS) is 1. The zero-order valence-electron chi connectivity index (χ0n) is 21.9. The zero-order chi connectivity index (χ0) is 31.9. The zero-order valence-corrected chi connectivity index (χ0v) is 22.6. The number of aromatic carboxylic acids is 1. The largest absolute Gasteiger partial charge is 0.547 e. The molecule has 2 atom stereocenters. The van der Waals surface area contributed by atoms with E-state index in [2.05, 4.69) is 5.32 Å². The Morgan fingerprint density at radius 3 is 2.42 bits per heavy atom. The van der Waals surface area contributed by atoms with Gasteiger partial charge in [0, 0.05) is 25.2 Å². The molecule has 1 unspecified atom stereocenters. The molecule has 2 heterocycles. The van der Waals surface area contributed by atoms with Gasteiger partial charge in [0.1, 0.15) is 23.2 Å². The van der Waals surface area contributed by atoms with Gasteiger partial charge in [-0.05, 0) is 25.0 Å². The van der Waals surface area contributed by atoms with Crippen molar-refractivity contribution in [3.63, 3.8) is 0 Å². The van der Waals surface area contributed by atoms with E-state index in [-0.39, 0.29) is 31.6 Å². The Bertz CT molecular complexity index is 1530. The van der Waals surface area contributed by atoms with Crippen LogP contribution in [0.2, 0.25) is 5.02 Å². The third-order valence-corrected chi connectivity index (χ3v) is 7.20. The lowest BCUT2D eigenvalue weighted by molar-refractivity contribution is -0.153. The molecule has 2 aliphatic rings. The van der Waals surface area contributed by atoms with E-state index in [1.54, 1.807) is 6.92 Å². The van der Waals surface area contributed by atoms with Crippen LogP contribution in [0.5, 0.6) is 17.2 Å². The minimum atomic E-state index is -2.37. The normalized spacial score (nSPS) is 17.3. The Morgan fingerprint density at radius 2 is 1.79 bits per heavy atom. The Labute approximate surface area is 244 Å². The third kappa shape index (κ3) is 5.57. The Kier molecular flexibility index (Phi) is 8.63. The average molecular weight is 629 g/mol. The number of carbonyl (C=O) groups is 5. The minimum absolute atomic E-state index is 0.0189. The van der Waals surface area contributed by atoms with Gasteiger partial charge in [0.15, 0.2) is 17.3 Å². The smallest absolute Gasteiger partial charge is 0.534 e. The van der Waals surface area contributed by atoms with Crippen LogP contribution in [-0.4, -0.2) is 92.6 Å². The number of nitrogens with zero attached hydrogens (tertiary/aromatic N) is 2. The topological polar surface area (TPSA) is 206 Å². The van der Waals surface area contributed by atoms with Gasteiger partial charge in [0.05, 0.1) is 11.0 Å². The lowest BCUT2D eigenvalue weighted by Crippen LogP contribution is -2.60. The van der Waals surface area contributed by atoms with Gasteiger partial charge in [-0.3, -0.25) is 19.3 Å². The highest BCUT2D eigenvalue weighted by atomic mass is 35.5. The van der Waals surface area contributed by atoms with Crippen molar-refractivity contribution in [2.75, 3.05) is 19.6 Å². The number of fused-ring (bicyclic) bond motifs is 1. The molecule has 0 radical (unpaired) electrons. The number of phenolic OH excluding ortho intramolecular Hbond substituents is 2. The molecule has 1 fully saturated rings. The number of likely N-dealkylation sites (N-methyl/N-ethyl adjacent to an activating group) is 1. The van der Waals surface area contributed by atoms with Crippen molar-refractivity contribution in [1.82, 2.24) is 20.4 Å². The predicted octanol–water partition coefficient (Wildman–Crippen LogP) is 0.448. The van der Waals surface area contributed by atoms with E-state index in [4.69, 9.17) is 16.3 Å². The van der Waals surface area contributed by atoms with E-state index in [0.29, 0.717) is 4.90 Å². The minimum Gasteiger partial charge on any atom is -0.534 e. The monoisotopic (exact) mass is 628 g/mol. The van der Waals surface area contributed by atoms with E-state index in [1.165, 1.54) is 0 Å². The number of phenols is 2. The molecule has 6 N–H and O–H groups in total. The first-order valence-electron chi connectivity index (χ1n) is 12.4. The van der Waals surface area contributed by atoms with Crippen molar-refractivity contribution in [2.24, 2.45) is 0 Å². The first-order chi connectivity index (χ1) is 20.2. The number of carboxylic acids is 1. The molecule has 4 rings (SSSR count). The van der Waals surface area contributed by atoms with E-state index in [1.807, 2.05) is 5.32 Å². The molecule has 2 aromatic rings. The van der Waals surface area contributed by atoms with E-state index < -0.39 is 99.7 Å². The predicted molar refractivity (Wildman–Crippen MR) is 138 cm³/mol. The number of benzene rings is 2. The van der Waals surface area contributed by atoms with Gasteiger partial charge >= 0.3 is 30.9 Å². The van der Waals surface area contributed by atoms with Crippen LogP contribution in [0.15, 0.2) is 12.1 Å². The lowest BCUT2D eigenvalue weighted by atomic mass is 9.72. The number of carbonyl (C=O) groups excluding carboxylic acids is 4. The number of nitrogens with one attached hydrogen (secondary N) is 2. The fraction of sp³-hybridized carbons (Fsp3) is 0.292. The molecular weight excluding hydrogens is 608 g/mol. The van der Waals surface area contributed by atoms with Crippen molar-refractivity contribution in [3.05, 3.63) is 51.3 Å². The van der Waals surface area contributed by atoms with Gasteiger partial charge in [0.2, 0.25) is 11.7 Å². The maximum atomic E-state index is 15.1. The number of piperazine rings is 1. The molecule has 1 saturated heterocycles. The van der Waals surface area contributed by atoms with Gasteiger partial charge in [-0.2, -0.15) is 4.39 Å². The number of halogens is 4. The highest BCUT2D eigenvalue weighted by molar-refractivity contribution is 6.47. The summed E-state index contributed by atoms with van der Waals surface area (Å²) >= 11 is 5.92. The fourth-order valence-corrected chi connectivity index (χ4v) is 4.85. The number of hydrogen-bond acceptors (Lipinski definition) is 9. The lowest BCUT2D eigenvalue weighted by Gasteiger charge is -2.33. The second-order valence-corrected chi connectivity index (χ2v) is 9.70. The summed E-state index contributed by atoms with van der Waals surface area (Å²) in [6, 6.07) is -1.88. The second kappa shape index (κ2) is 11.9. The van der Waals surface area contributed by atoms with Crippen LogP contribution in [-0.2, 0) is 20.8 Å². The van der Waals surface area contributed by atoms with Crippen LogP contribution in [0.4, 0.5) is 18.0 Å². The van der Waals surface area contributed by atoms with Crippen LogP contribution in [0.25, 0.3) is 0 Å². The third-order valence-electron chi connectivity index (χ3n) is 6.81. The highest BCUT2D eigenvalue weighted by Gasteiger charge is 2.43. The van der Waals surface area contributed by atoms with Gasteiger partial charge in [-0.1, -0.05) is 17.7 Å². The molecule has 19 heteroatoms. The number of amides is 5. The molecule has 0 aromatic heterocycles. The molecule has 14 nitrogen and oxygen atoms in total. The van der Waals surface area contributed by atoms with Crippen LogP contribution in [0.3, 0.4) is 0 Å². The average Bonchev–Trinajstić information content (AvgIpc) is 2.96. The summed E-state index contributed by atoms with van der Waals surface area (Å²) in [4.78, 5) is 64.3. The molecule has 0 spiro atoms. The molecule has 43 heavy (non-hydrogen) atoms. The summed E-state index contributed by atoms with van der Waals surface area (Å²) in [6.45, 7) is 1.30. The Morgan fingerprint density at radius 1 is 1.12 bits per heavy atom. The maximum Gasteiger partial charge on any atom is 0.547 e. The maximum absolute atomic E-state index is 15.1. The van der Waals surface area contributed by atoms with Crippen LogP contribution >= 0.6 is 11.6 Å². The molecule has 2 aliphatic heterocycles. The first-order valence-corrected chi connectivity index (χ1v) is 12.8. The summed E-state index contributed by atoms with van der Waals surface area (Å²) in [5, 5.41) is 42.5. The van der Waals surface area contributed by atoms with E-state index in [9.17, 15) is 53.1 Å². The fourth-order valence-electron chi connectivity index (χ4n) is 4.57. The summed E-state index contributed by atoms with van der Waals surface area (Å²) in [7, 11) is -2.03. The molecular formula is C24H21BClF3N4O10. The molecule has 0 bridgehead atoms. The van der Waals surface area contributed by atoms with Crippen LogP contribution in [0, 0.1) is 17.5 Å². The number of aromatic hydroxyl groups is 2. The Hall–Kier alpha value is -4.71. The van der Waals surface area contributed by atoms with E-state index >= 15 is 4.39 Å². The standard InChI is InChI=1S/C24H21BClF3N4O10/c1-2-32-5-6-33(22(38)21(32)37)24(41)31-16(12-13(26)17(34)18(35)15(29)14(12)28)20(36)30-10-7-8-3-4-9(27)11(23(39)40)19(8)43-25(10)42/h3-4,10,16,34-35,42H,2,5-7H2,1H3,(H,30,36)(H,31,41)(H,39,40)/t10-,16?/m0/s1. The SMILES string of the molecule is CCN1CCN(C(=O)NC(C(=O)N[C@H]2Cc3ccc(F)c(C(=O)O)c3OB2O)c2c(F)c(F)c(O)c(O)c2Cl)C(=O)C1=O. The highest BCUT2D eigenvalue weighted by Crippen LogP contribution is 2.42. The van der Waals surface area contributed by atoms with Crippen LogP contribution in [0.1, 0.15) is 34.5 Å². The molecule has 228 valence electrons. The molecule has 5 amide bonds. The van der Waals surface area contributed by atoms with Crippen molar-refractivity contribution in [2.45, 2.75) is 25.3 Å². The number of urea groups is 1. The summed E-state index contributed by atoms with van der Waals surface area (Å²) < 4.78 is 48.7. The first kappa shape index (κ1) is 31.2. The molecule has 2 aromatic carbocycles.